The number of carbonyl (C=O) groups is 1. The number of carbonyl (C=O) groups excluding carboxylic acids is 1. The number of methoxy groups -OCH3 is 1. The standard InChI is InChI=1S/C18H24ClN3O2/c1-13-10-15(12-21-18(23)20-8-5-9-24-3)14(2)22(13)17-7-4-6-16(19)11-17/h4,6-7,10-11H,5,8-9,12H2,1-3H3,(H2,20,21,23). The minimum absolute atomic E-state index is 0.168. The van der Waals surface area contributed by atoms with E-state index in [0.717, 1.165) is 29.1 Å². The van der Waals surface area contributed by atoms with Gasteiger partial charge in [0.1, 0.15) is 0 Å². The minimum Gasteiger partial charge on any atom is -0.385 e. The second kappa shape index (κ2) is 8.76. The highest BCUT2D eigenvalue weighted by molar-refractivity contribution is 6.30. The summed E-state index contributed by atoms with van der Waals surface area (Å²) in [6.07, 6.45) is 0.799. The van der Waals surface area contributed by atoms with Gasteiger partial charge in [0, 0.05) is 48.9 Å². The molecule has 0 radical (unpaired) electrons. The fraction of sp³-hybridized carbons (Fsp3) is 0.389. The van der Waals surface area contributed by atoms with Crippen LogP contribution in [0.25, 0.3) is 5.69 Å². The number of nitrogens with one attached hydrogen (secondary N) is 2. The van der Waals surface area contributed by atoms with Gasteiger partial charge in [-0.25, -0.2) is 4.79 Å². The van der Waals surface area contributed by atoms with Crippen LogP contribution in [0.2, 0.25) is 5.02 Å². The van der Waals surface area contributed by atoms with Crippen molar-refractivity contribution in [2.75, 3.05) is 20.3 Å². The predicted molar refractivity (Wildman–Crippen MR) is 97.0 cm³/mol. The Morgan fingerprint density at radius 2 is 2.04 bits per heavy atom. The summed E-state index contributed by atoms with van der Waals surface area (Å²) in [5.41, 5.74) is 4.30. The summed E-state index contributed by atoms with van der Waals surface area (Å²) < 4.78 is 7.09. The lowest BCUT2D eigenvalue weighted by atomic mass is 10.2. The van der Waals surface area contributed by atoms with Crippen LogP contribution in [-0.2, 0) is 11.3 Å². The molecule has 24 heavy (non-hydrogen) atoms. The quantitative estimate of drug-likeness (QED) is 0.751. The van der Waals surface area contributed by atoms with Gasteiger partial charge < -0.3 is 19.9 Å². The highest BCUT2D eigenvalue weighted by Gasteiger charge is 2.11. The van der Waals surface area contributed by atoms with Gasteiger partial charge in [-0.2, -0.15) is 0 Å². The molecular weight excluding hydrogens is 326 g/mol. The molecule has 0 atom stereocenters. The average Bonchev–Trinajstić information content (AvgIpc) is 2.83. The summed E-state index contributed by atoms with van der Waals surface area (Å²) in [6, 6.07) is 9.66. The van der Waals surface area contributed by atoms with Gasteiger partial charge in [0.15, 0.2) is 0 Å². The largest absolute Gasteiger partial charge is 0.385 e. The van der Waals surface area contributed by atoms with Gasteiger partial charge >= 0.3 is 6.03 Å². The molecule has 6 heteroatoms. The maximum absolute atomic E-state index is 11.8. The zero-order valence-corrected chi connectivity index (χ0v) is 15.1. The maximum Gasteiger partial charge on any atom is 0.315 e. The smallest absolute Gasteiger partial charge is 0.315 e. The molecule has 2 aromatic rings. The molecule has 1 aromatic heterocycles. The average molecular weight is 350 g/mol. The Morgan fingerprint density at radius 1 is 1.25 bits per heavy atom. The molecule has 2 rings (SSSR count). The number of benzene rings is 1. The van der Waals surface area contributed by atoms with Crippen LogP contribution in [0.4, 0.5) is 4.79 Å². The summed E-state index contributed by atoms with van der Waals surface area (Å²) >= 11 is 6.09. The molecule has 0 bridgehead atoms. The van der Waals surface area contributed by atoms with E-state index in [1.807, 2.05) is 38.1 Å². The molecule has 2 amide bonds. The number of amides is 2. The monoisotopic (exact) mass is 349 g/mol. The van der Waals surface area contributed by atoms with Gasteiger partial charge in [-0.05, 0) is 50.1 Å². The van der Waals surface area contributed by atoms with Crippen molar-refractivity contribution in [1.29, 1.82) is 0 Å². The number of nitrogens with zero attached hydrogens (tertiary/aromatic N) is 1. The highest BCUT2D eigenvalue weighted by Crippen LogP contribution is 2.22. The first kappa shape index (κ1) is 18.4. The van der Waals surface area contributed by atoms with Crippen LogP contribution in [0.5, 0.6) is 0 Å². The molecule has 0 aliphatic carbocycles. The van der Waals surface area contributed by atoms with Crippen molar-refractivity contribution in [2.45, 2.75) is 26.8 Å². The molecule has 0 saturated heterocycles. The molecule has 5 nitrogen and oxygen atoms in total. The number of aromatic nitrogens is 1. The Kier molecular flexibility index (Phi) is 6.70. The molecule has 0 spiro atoms. The molecule has 1 aromatic carbocycles. The van der Waals surface area contributed by atoms with Crippen molar-refractivity contribution < 1.29 is 9.53 Å². The Labute approximate surface area is 148 Å². The second-order valence-electron chi connectivity index (χ2n) is 5.67. The van der Waals surface area contributed by atoms with Crippen LogP contribution in [0, 0.1) is 13.8 Å². The molecule has 0 fully saturated rings. The first-order valence-electron chi connectivity index (χ1n) is 7.97. The molecule has 2 N–H and O–H groups in total. The van der Waals surface area contributed by atoms with E-state index in [9.17, 15) is 4.79 Å². The molecular formula is C18H24ClN3O2. The predicted octanol–water partition coefficient (Wildman–Crippen LogP) is 3.58. The van der Waals surface area contributed by atoms with E-state index in [4.69, 9.17) is 16.3 Å². The number of rotatable bonds is 7. The molecule has 130 valence electrons. The van der Waals surface area contributed by atoms with E-state index in [1.165, 1.54) is 0 Å². The van der Waals surface area contributed by atoms with Crippen molar-refractivity contribution in [1.82, 2.24) is 15.2 Å². The Morgan fingerprint density at radius 3 is 2.75 bits per heavy atom. The fourth-order valence-corrected chi connectivity index (χ4v) is 2.86. The summed E-state index contributed by atoms with van der Waals surface area (Å²) in [6.45, 7) is 5.81. The maximum atomic E-state index is 11.8. The van der Waals surface area contributed by atoms with Crippen molar-refractivity contribution in [3.8, 4) is 5.69 Å². The lowest BCUT2D eigenvalue weighted by molar-refractivity contribution is 0.193. The third kappa shape index (κ3) is 4.76. The van der Waals surface area contributed by atoms with Crippen LogP contribution in [0.15, 0.2) is 30.3 Å². The van der Waals surface area contributed by atoms with Crippen molar-refractivity contribution in [3.05, 3.63) is 52.3 Å². The van der Waals surface area contributed by atoms with E-state index < -0.39 is 0 Å². The Balaban J connectivity index is 2.00. The summed E-state index contributed by atoms with van der Waals surface area (Å²) in [5, 5.41) is 6.41. The topological polar surface area (TPSA) is 55.3 Å². The van der Waals surface area contributed by atoms with Crippen molar-refractivity contribution in [2.24, 2.45) is 0 Å². The van der Waals surface area contributed by atoms with Gasteiger partial charge in [-0.3, -0.25) is 0 Å². The highest BCUT2D eigenvalue weighted by atomic mass is 35.5. The van der Waals surface area contributed by atoms with E-state index >= 15 is 0 Å². The SMILES string of the molecule is COCCCNC(=O)NCc1cc(C)n(-c2cccc(Cl)c2)c1C. The molecule has 0 aliphatic rings. The number of hydrogen-bond donors (Lipinski definition) is 2. The van der Waals surface area contributed by atoms with Crippen molar-refractivity contribution >= 4 is 17.6 Å². The lowest BCUT2D eigenvalue weighted by Crippen LogP contribution is -2.35. The van der Waals surface area contributed by atoms with Gasteiger partial charge in [-0.15, -0.1) is 0 Å². The number of urea groups is 1. The number of hydrogen-bond acceptors (Lipinski definition) is 2. The zero-order chi connectivity index (χ0) is 17.5. The first-order valence-corrected chi connectivity index (χ1v) is 8.35. The van der Waals surface area contributed by atoms with Crippen LogP contribution in [-0.4, -0.2) is 30.9 Å². The second-order valence-corrected chi connectivity index (χ2v) is 6.10. The Bertz CT molecular complexity index is 698. The van der Waals surface area contributed by atoms with Gasteiger partial charge in [-0.1, -0.05) is 17.7 Å². The summed E-state index contributed by atoms with van der Waals surface area (Å²) in [7, 11) is 1.65. The molecule has 0 unspecified atom stereocenters. The van der Waals surface area contributed by atoms with Crippen LogP contribution >= 0.6 is 11.6 Å². The minimum atomic E-state index is -0.168. The van der Waals surface area contributed by atoms with E-state index in [0.29, 0.717) is 24.7 Å². The molecule has 1 heterocycles. The third-order valence-electron chi connectivity index (χ3n) is 3.85. The molecule has 0 aliphatic heterocycles. The van der Waals surface area contributed by atoms with Gasteiger partial charge in [0.25, 0.3) is 0 Å². The van der Waals surface area contributed by atoms with Crippen LogP contribution in [0.1, 0.15) is 23.4 Å². The van der Waals surface area contributed by atoms with Gasteiger partial charge in [0.05, 0.1) is 0 Å². The summed E-state index contributed by atoms with van der Waals surface area (Å²) in [4.78, 5) is 11.8. The number of ether oxygens (including phenoxy) is 1. The van der Waals surface area contributed by atoms with Gasteiger partial charge in [0.2, 0.25) is 0 Å². The van der Waals surface area contributed by atoms with E-state index in [-0.39, 0.29) is 6.03 Å². The Hall–Kier alpha value is -1.98. The van der Waals surface area contributed by atoms with Crippen LogP contribution < -0.4 is 10.6 Å². The van der Waals surface area contributed by atoms with Crippen molar-refractivity contribution in [3.63, 3.8) is 0 Å². The van der Waals surface area contributed by atoms with Crippen LogP contribution in [0.3, 0.4) is 0 Å². The first-order chi connectivity index (χ1) is 11.5. The van der Waals surface area contributed by atoms with E-state index in [1.54, 1.807) is 7.11 Å². The fourth-order valence-electron chi connectivity index (χ4n) is 2.68. The normalized spacial score (nSPS) is 10.7. The lowest BCUT2D eigenvalue weighted by Gasteiger charge is -2.11. The third-order valence-corrected chi connectivity index (χ3v) is 4.09. The van der Waals surface area contributed by atoms with E-state index in [2.05, 4.69) is 21.3 Å². The number of aryl methyl sites for hydroxylation is 1. The zero-order valence-electron chi connectivity index (χ0n) is 14.4. The number of halogens is 1. The summed E-state index contributed by atoms with van der Waals surface area (Å²) in [5.74, 6) is 0. The molecule has 0 saturated carbocycles.